The fourth-order valence-corrected chi connectivity index (χ4v) is 5.75. The first-order chi connectivity index (χ1) is 10.3. The summed E-state index contributed by atoms with van der Waals surface area (Å²) in [6, 6.07) is 0. The molecule has 1 aliphatic heterocycles. The Hall–Kier alpha value is -0.830. The Balaban J connectivity index is 1.51. The standard InChI is InChI=1S/C18H25NOS/c20-18(16-12-21-17-8-4-3-7-15(16)17)19-10-9-13-5-1-2-6-14(13)11-19/h12-14H,1-11H2/t13-,14-/m1/s1. The van der Waals surface area contributed by atoms with Crippen LogP contribution in [0.15, 0.2) is 5.38 Å². The highest BCUT2D eigenvalue weighted by Crippen LogP contribution is 2.37. The lowest BCUT2D eigenvalue weighted by atomic mass is 9.75. The Kier molecular flexibility index (Phi) is 3.78. The number of fused-ring (bicyclic) bond motifs is 2. The molecule has 3 aliphatic rings. The zero-order chi connectivity index (χ0) is 14.2. The third-order valence-corrected chi connectivity index (χ3v) is 6.96. The lowest BCUT2D eigenvalue weighted by molar-refractivity contribution is 0.0520. The lowest BCUT2D eigenvalue weighted by Gasteiger charge is -2.41. The highest BCUT2D eigenvalue weighted by molar-refractivity contribution is 7.10. The summed E-state index contributed by atoms with van der Waals surface area (Å²) in [5.74, 6) is 2.02. The molecule has 0 unspecified atom stereocenters. The summed E-state index contributed by atoms with van der Waals surface area (Å²) in [6.45, 7) is 2.01. The zero-order valence-corrected chi connectivity index (χ0v) is 13.6. The van der Waals surface area contributed by atoms with Crippen LogP contribution in [0, 0.1) is 11.8 Å². The highest BCUT2D eigenvalue weighted by Gasteiger charge is 2.34. The van der Waals surface area contributed by atoms with E-state index in [0.29, 0.717) is 5.91 Å². The van der Waals surface area contributed by atoms with Gasteiger partial charge in [0.25, 0.3) is 5.91 Å². The number of carbonyl (C=O) groups excluding carboxylic acids is 1. The van der Waals surface area contributed by atoms with Crippen LogP contribution in [0.2, 0.25) is 0 Å². The number of carbonyl (C=O) groups is 1. The molecule has 2 atom stereocenters. The summed E-state index contributed by atoms with van der Waals surface area (Å²) in [6.07, 6.45) is 11.6. The summed E-state index contributed by atoms with van der Waals surface area (Å²) in [7, 11) is 0. The zero-order valence-electron chi connectivity index (χ0n) is 12.8. The maximum absolute atomic E-state index is 12.9. The Morgan fingerprint density at radius 2 is 1.86 bits per heavy atom. The smallest absolute Gasteiger partial charge is 0.254 e. The molecule has 2 aliphatic carbocycles. The van der Waals surface area contributed by atoms with Crippen LogP contribution in [0.25, 0.3) is 0 Å². The number of rotatable bonds is 1. The van der Waals surface area contributed by atoms with E-state index in [1.807, 2.05) is 11.3 Å². The number of nitrogens with zero attached hydrogens (tertiary/aromatic N) is 1. The van der Waals surface area contributed by atoms with E-state index in [1.165, 1.54) is 61.8 Å². The van der Waals surface area contributed by atoms with Gasteiger partial charge in [0.05, 0.1) is 5.56 Å². The van der Waals surface area contributed by atoms with E-state index in [-0.39, 0.29) is 0 Å². The molecule has 2 heterocycles. The Morgan fingerprint density at radius 1 is 1.05 bits per heavy atom. The number of amides is 1. The summed E-state index contributed by atoms with van der Waals surface area (Å²) in [4.78, 5) is 16.6. The second-order valence-corrected chi connectivity index (χ2v) is 8.07. The van der Waals surface area contributed by atoms with Gasteiger partial charge in [-0.15, -0.1) is 11.3 Å². The van der Waals surface area contributed by atoms with Gasteiger partial charge < -0.3 is 4.90 Å². The van der Waals surface area contributed by atoms with E-state index in [9.17, 15) is 4.79 Å². The van der Waals surface area contributed by atoms with Crippen molar-refractivity contribution in [1.82, 2.24) is 4.90 Å². The molecule has 0 N–H and O–H groups in total. The van der Waals surface area contributed by atoms with Crippen LogP contribution in [0.1, 0.15) is 65.7 Å². The van der Waals surface area contributed by atoms with E-state index < -0.39 is 0 Å². The monoisotopic (exact) mass is 303 g/mol. The van der Waals surface area contributed by atoms with Crippen molar-refractivity contribution >= 4 is 17.2 Å². The van der Waals surface area contributed by atoms with Crippen molar-refractivity contribution in [1.29, 1.82) is 0 Å². The second kappa shape index (κ2) is 5.75. The average molecular weight is 303 g/mol. The lowest BCUT2D eigenvalue weighted by Crippen LogP contribution is -2.44. The van der Waals surface area contributed by atoms with E-state index in [4.69, 9.17) is 0 Å². The molecule has 4 rings (SSSR count). The molecule has 1 aromatic heterocycles. The number of thiophene rings is 1. The number of hydrogen-bond acceptors (Lipinski definition) is 2. The van der Waals surface area contributed by atoms with Crippen LogP contribution < -0.4 is 0 Å². The Morgan fingerprint density at radius 3 is 2.76 bits per heavy atom. The molecule has 2 fully saturated rings. The minimum atomic E-state index is 0.332. The fraction of sp³-hybridized carbons (Fsp3) is 0.722. The van der Waals surface area contributed by atoms with Gasteiger partial charge in [-0.05, 0) is 55.9 Å². The predicted octanol–water partition coefficient (Wildman–Crippen LogP) is 4.28. The average Bonchev–Trinajstić information content (AvgIpc) is 2.98. The number of likely N-dealkylation sites (tertiary alicyclic amines) is 1. The van der Waals surface area contributed by atoms with Crippen molar-refractivity contribution in [2.75, 3.05) is 13.1 Å². The van der Waals surface area contributed by atoms with E-state index in [0.717, 1.165) is 36.9 Å². The van der Waals surface area contributed by atoms with Gasteiger partial charge in [-0.2, -0.15) is 0 Å². The quantitative estimate of drug-likeness (QED) is 0.758. The molecule has 0 spiro atoms. The molecule has 0 radical (unpaired) electrons. The first-order valence-electron chi connectivity index (χ1n) is 8.71. The minimum absolute atomic E-state index is 0.332. The van der Waals surface area contributed by atoms with Crippen molar-refractivity contribution in [2.24, 2.45) is 11.8 Å². The molecule has 1 amide bonds. The molecule has 1 aromatic rings. The number of hydrogen-bond donors (Lipinski definition) is 0. The topological polar surface area (TPSA) is 20.3 Å². The number of aryl methyl sites for hydroxylation is 1. The van der Waals surface area contributed by atoms with Crippen molar-refractivity contribution in [3.8, 4) is 0 Å². The maximum Gasteiger partial charge on any atom is 0.254 e. The summed E-state index contributed by atoms with van der Waals surface area (Å²) < 4.78 is 0. The molecule has 1 saturated heterocycles. The Labute approximate surface area is 131 Å². The fourth-order valence-electron chi connectivity index (χ4n) is 4.63. The van der Waals surface area contributed by atoms with Crippen molar-refractivity contribution in [3.05, 3.63) is 21.4 Å². The van der Waals surface area contributed by atoms with Crippen molar-refractivity contribution in [3.63, 3.8) is 0 Å². The Bertz CT molecular complexity index is 535. The van der Waals surface area contributed by atoms with Crippen LogP contribution in [-0.4, -0.2) is 23.9 Å². The number of piperidine rings is 1. The van der Waals surface area contributed by atoms with Crippen LogP contribution >= 0.6 is 11.3 Å². The maximum atomic E-state index is 12.9. The van der Waals surface area contributed by atoms with Crippen LogP contribution in [0.4, 0.5) is 0 Å². The molecule has 0 aromatic carbocycles. The van der Waals surface area contributed by atoms with Gasteiger partial charge in [0, 0.05) is 23.3 Å². The molecule has 2 nitrogen and oxygen atoms in total. The highest BCUT2D eigenvalue weighted by atomic mass is 32.1. The van der Waals surface area contributed by atoms with Gasteiger partial charge in [-0.3, -0.25) is 4.79 Å². The molecule has 3 heteroatoms. The largest absolute Gasteiger partial charge is 0.338 e. The molecule has 114 valence electrons. The van der Waals surface area contributed by atoms with Crippen LogP contribution in [-0.2, 0) is 12.8 Å². The van der Waals surface area contributed by atoms with Gasteiger partial charge >= 0.3 is 0 Å². The van der Waals surface area contributed by atoms with E-state index in [1.54, 1.807) is 0 Å². The van der Waals surface area contributed by atoms with Crippen LogP contribution in [0.5, 0.6) is 0 Å². The second-order valence-electron chi connectivity index (χ2n) is 7.10. The first-order valence-corrected chi connectivity index (χ1v) is 9.59. The molecule has 1 saturated carbocycles. The van der Waals surface area contributed by atoms with E-state index in [2.05, 4.69) is 10.3 Å². The van der Waals surface area contributed by atoms with E-state index >= 15 is 0 Å². The molecular weight excluding hydrogens is 278 g/mol. The first kappa shape index (κ1) is 13.8. The van der Waals surface area contributed by atoms with Crippen molar-refractivity contribution < 1.29 is 4.79 Å². The van der Waals surface area contributed by atoms with Gasteiger partial charge in [-0.25, -0.2) is 0 Å². The SMILES string of the molecule is O=C(c1csc2c1CCCC2)N1CC[C@H]2CCCC[C@@H]2C1. The third kappa shape index (κ3) is 2.54. The third-order valence-electron chi connectivity index (χ3n) is 5.87. The van der Waals surface area contributed by atoms with Gasteiger partial charge in [-0.1, -0.05) is 19.3 Å². The van der Waals surface area contributed by atoms with Crippen LogP contribution in [0.3, 0.4) is 0 Å². The normalized spacial score (nSPS) is 28.9. The van der Waals surface area contributed by atoms with Gasteiger partial charge in [0.15, 0.2) is 0 Å². The predicted molar refractivity (Wildman–Crippen MR) is 86.9 cm³/mol. The van der Waals surface area contributed by atoms with Crippen molar-refractivity contribution in [2.45, 2.75) is 57.8 Å². The van der Waals surface area contributed by atoms with Gasteiger partial charge in [0.2, 0.25) is 0 Å². The summed E-state index contributed by atoms with van der Waals surface area (Å²) in [5.41, 5.74) is 2.44. The molecular formula is C18H25NOS. The molecule has 21 heavy (non-hydrogen) atoms. The molecule has 0 bridgehead atoms. The summed E-state index contributed by atoms with van der Waals surface area (Å²) in [5, 5.41) is 2.14. The summed E-state index contributed by atoms with van der Waals surface area (Å²) >= 11 is 1.82. The van der Waals surface area contributed by atoms with Gasteiger partial charge in [0.1, 0.15) is 0 Å². The minimum Gasteiger partial charge on any atom is -0.338 e.